The highest BCUT2D eigenvalue weighted by molar-refractivity contribution is 7.99. The molecule has 0 unspecified atom stereocenters. The normalized spacial score (nSPS) is 18.4. The quantitative estimate of drug-likeness (QED) is 0.458. The van der Waals surface area contributed by atoms with Crippen LogP contribution in [0.2, 0.25) is 0 Å². The van der Waals surface area contributed by atoms with E-state index in [1.54, 1.807) is 25.1 Å². The molecular weight excluding hydrogens is 368 g/mol. The fourth-order valence-electron chi connectivity index (χ4n) is 3.09. The van der Waals surface area contributed by atoms with Crippen molar-refractivity contribution in [3.8, 4) is 0 Å². The summed E-state index contributed by atoms with van der Waals surface area (Å²) >= 11 is 1.44. The SMILES string of the molecule is COC(=O)c1ccc2c(=O)n(C[C@@H](C)O)c(SC[C@@H]3CCCCO3)nc2c1. The molecule has 1 fully saturated rings. The molecule has 0 amide bonds. The van der Waals surface area contributed by atoms with E-state index in [9.17, 15) is 14.7 Å². The number of aromatic nitrogens is 2. The molecule has 1 aromatic heterocycles. The molecule has 3 rings (SSSR count). The van der Waals surface area contributed by atoms with E-state index in [1.165, 1.54) is 23.4 Å². The van der Waals surface area contributed by atoms with Gasteiger partial charge in [0, 0.05) is 12.4 Å². The number of thioether (sulfide) groups is 1. The van der Waals surface area contributed by atoms with E-state index in [4.69, 9.17) is 9.47 Å². The first-order valence-corrected chi connectivity index (χ1v) is 10.0. The van der Waals surface area contributed by atoms with Gasteiger partial charge in [-0.25, -0.2) is 9.78 Å². The number of benzene rings is 1. The van der Waals surface area contributed by atoms with E-state index in [-0.39, 0.29) is 18.2 Å². The van der Waals surface area contributed by atoms with Gasteiger partial charge in [-0.05, 0) is 44.4 Å². The minimum atomic E-state index is -0.679. The van der Waals surface area contributed by atoms with Crippen LogP contribution in [0.1, 0.15) is 36.5 Å². The lowest BCUT2D eigenvalue weighted by Crippen LogP contribution is -2.29. The molecule has 1 saturated heterocycles. The lowest BCUT2D eigenvalue weighted by Gasteiger charge is -2.22. The number of hydrogen-bond donors (Lipinski definition) is 1. The van der Waals surface area contributed by atoms with Gasteiger partial charge < -0.3 is 14.6 Å². The molecule has 0 spiro atoms. The molecular formula is C19H24N2O5S. The predicted octanol–water partition coefficient (Wildman–Crippen LogP) is 2.23. The van der Waals surface area contributed by atoms with Crippen LogP contribution in [0.5, 0.6) is 0 Å². The number of aliphatic hydroxyl groups is 1. The van der Waals surface area contributed by atoms with Gasteiger partial charge in [0.2, 0.25) is 0 Å². The molecule has 7 nitrogen and oxygen atoms in total. The van der Waals surface area contributed by atoms with Crippen molar-refractivity contribution in [2.75, 3.05) is 19.5 Å². The highest BCUT2D eigenvalue weighted by Crippen LogP contribution is 2.24. The van der Waals surface area contributed by atoms with Gasteiger partial charge in [0.05, 0.1) is 42.3 Å². The molecule has 8 heteroatoms. The first-order chi connectivity index (χ1) is 13.0. The highest BCUT2D eigenvalue weighted by atomic mass is 32.2. The zero-order valence-corrected chi connectivity index (χ0v) is 16.3. The standard InChI is InChI=1S/C19H24N2O5S/c1-12(22)10-21-17(23)15-7-6-13(18(24)25-2)9-16(15)20-19(21)27-11-14-5-3-4-8-26-14/h6-7,9,12,14,22H,3-5,8,10-11H2,1-2H3/t12-,14+/m1/s1. The first-order valence-electron chi connectivity index (χ1n) is 9.05. The number of methoxy groups -OCH3 is 1. The monoisotopic (exact) mass is 392 g/mol. The number of carbonyl (C=O) groups is 1. The molecule has 1 aromatic carbocycles. The minimum absolute atomic E-state index is 0.137. The van der Waals surface area contributed by atoms with Crippen LogP contribution in [0, 0.1) is 0 Å². The van der Waals surface area contributed by atoms with E-state index >= 15 is 0 Å². The fourth-order valence-corrected chi connectivity index (χ4v) is 4.16. The van der Waals surface area contributed by atoms with Crippen molar-refractivity contribution in [1.29, 1.82) is 0 Å². The third-order valence-corrected chi connectivity index (χ3v) is 5.57. The lowest BCUT2D eigenvalue weighted by molar-refractivity contribution is 0.0315. The Kier molecular flexibility index (Phi) is 6.51. The molecule has 27 heavy (non-hydrogen) atoms. The largest absolute Gasteiger partial charge is 0.465 e. The van der Waals surface area contributed by atoms with Crippen LogP contribution in [0.3, 0.4) is 0 Å². The molecule has 1 N–H and O–H groups in total. The van der Waals surface area contributed by atoms with Crippen molar-refractivity contribution >= 4 is 28.6 Å². The average molecular weight is 392 g/mol. The van der Waals surface area contributed by atoms with Gasteiger partial charge in [-0.2, -0.15) is 0 Å². The summed E-state index contributed by atoms with van der Waals surface area (Å²) in [6.07, 6.45) is 2.67. The van der Waals surface area contributed by atoms with Crippen molar-refractivity contribution in [1.82, 2.24) is 9.55 Å². The molecule has 146 valence electrons. The maximum absolute atomic E-state index is 12.9. The maximum Gasteiger partial charge on any atom is 0.337 e. The topological polar surface area (TPSA) is 90.7 Å². The van der Waals surface area contributed by atoms with E-state index in [2.05, 4.69) is 4.98 Å². The Morgan fingerprint density at radius 1 is 1.48 bits per heavy atom. The van der Waals surface area contributed by atoms with Crippen molar-refractivity contribution < 1.29 is 19.4 Å². The van der Waals surface area contributed by atoms with Gasteiger partial charge in [-0.1, -0.05) is 11.8 Å². The summed E-state index contributed by atoms with van der Waals surface area (Å²) in [6, 6.07) is 4.69. The van der Waals surface area contributed by atoms with Crippen LogP contribution in [0.15, 0.2) is 28.2 Å². The number of esters is 1. The van der Waals surface area contributed by atoms with Crippen LogP contribution < -0.4 is 5.56 Å². The smallest absolute Gasteiger partial charge is 0.337 e. The van der Waals surface area contributed by atoms with Crippen LogP contribution in [0.25, 0.3) is 10.9 Å². The lowest BCUT2D eigenvalue weighted by atomic mass is 10.1. The molecule has 0 aliphatic carbocycles. The Balaban J connectivity index is 1.98. The number of nitrogens with zero attached hydrogens (tertiary/aromatic N) is 2. The number of rotatable bonds is 6. The van der Waals surface area contributed by atoms with Gasteiger partial charge in [-0.15, -0.1) is 0 Å². The third-order valence-electron chi connectivity index (χ3n) is 4.46. The molecule has 1 aliphatic rings. The molecule has 0 bridgehead atoms. The summed E-state index contributed by atoms with van der Waals surface area (Å²) in [4.78, 5) is 29.3. The first kappa shape index (κ1) is 19.9. The van der Waals surface area contributed by atoms with E-state index in [0.717, 1.165) is 25.9 Å². The molecule has 1 aliphatic heterocycles. The second kappa shape index (κ2) is 8.86. The number of ether oxygens (including phenoxy) is 2. The Hall–Kier alpha value is -1.90. The summed E-state index contributed by atoms with van der Waals surface area (Å²) in [7, 11) is 1.31. The molecule has 2 atom stereocenters. The fraction of sp³-hybridized carbons (Fsp3) is 0.526. The van der Waals surface area contributed by atoms with E-state index in [0.29, 0.717) is 27.4 Å². The number of carbonyl (C=O) groups excluding carboxylic acids is 1. The predicted molar refractivity (Wildman–Crippen MR) is 103 cm³/mol. The number of fused-ring (bicyclic) bond motifs is 1. The second-order valence-corrected chi connectivity index (χ2v) is 7.67. The second-order valence-electron chi connectivity index (χ2n) is 6.68. The maximum atomic E-state index is 12.9. The van der Waals surface area contributed by atoms with Crippen LogP contribution in [-0.4, -0.2) is 52.3 Å². The van der Waals surface area contributed by atoms with Gasteiger partial charge in [0.25, 0.3) is 5.56 Å². The van der Waals surface area contributed by atoms with E-state index in [1.807, 2.05) is 0 Å². The molecule has 2 heterocycles. The molecule has 0 radical (unpaired) electrons. The van der Waals surface area contributed by atoms with Crippen LogP contribution in [-0.2, 0) is 16.0 Å². The number of hydrogen-bond acceptors (Lipinski definition) is 7. The van der Waals surface area contributed by atoms with Gasteiger partial charge in [-0.3, -0.25) is 9.36 Å². The molecule has 0 saturated carbocycles. The minimum Gasteiger partial charge on any atom is -0.465 e. The Bertz CT molecular complexity index is 874. The zero-order valence-electron chi connectivity index (χ0n) is 15.5. The zero-order chi connectivity index (χ0) is 19.4. The summed E-state index contributed by atoms with van der Waals surface area (Å²) < 4.78 is 12.0. The Labute approximate surface area is 161 Å². The van der Waals surface area contributed by atoms with Crippen LogP contribution >= 0.6 is 11.8 Å². The van der Waals surface area contributed by atoms with Crippen molar-refractivity contribution in [3.05, 3.63) is 34.1 Å². The van der Waals surface area contributed by atoms with Crippen molar-refractivity contribution in [2.24, 2.45) is 0 Å². The van der Waals surface area contributed by atoms with E-state index < -0.39 is 12.1 Å². The summed E-state index contributed by atoms with van der Waals surface area (Å²) in [6.45, 7) is 2.56. The Morgan fingerprint density at radius 2 is 2.30 bits per heavy atom. The molecule has 2 aromatic rings. The van der Waals surface area contributed by atoms with Crippen molar-refractivity contribution in [2.45, 2.75) is 50.1 Å². The van der Waals surface area contributed by atoms with Gasteiger partial charge in [0.1, 0.15) is 0 Å². The average Bonchev–Trinajstić information content (AvgIpc) is 2.68. The van der Waals surface area contributed by atoms with Gasteiger partial charge in [0.15, 0.2) is 5.16 Å². The van der Waals surface area contributed by atoms with Gasteiger partial charge >= 0.3 is 5.97 Å². The third kappa shape index (κ3) is 4.69. The summed E-state index contributed by atoms with van der Waals surface area (Å²) in [5.41, 5.74) is 0.554. The Morgan fingerprint density at radius 3 is 2.96 bits per heavy atom. The van der Waals surface area contributed by atoms with Crippen LogP contribution in [0.4, 0.5) is 0 Å². The summed E-state index contributed by atoms with van der Waals surface area (Å²) in [5.74, 6) is 0.214. The number of aliphatic hydroxyl groups excluding tert-OH is 1. The van der Waals surface area contributed by atoms with Crippen molar-refractivity contribution in [3.63, 3.8) is 0 Å². The summed E-state index contributed by atoms with van der Waals surface area (Å²) in [5, 5.41) is 10.7. The highest BCUT2D eigenvalue weighted by Gasteiger charge is 2.19.